The number of aryl methyl sites for hydroxylation is 1. The summed E-state index contributed by atoms with van der Waals surface area (Å²) in [5.41, 5.74) is 3.01. The van der Waals surface area contributed by atoms with Crippen LogP contribution in [0.4, 0.5) is 0 Å². The zero-order valence-electron chi connectivity index (χ0n) is 14.7. The summed E-state index contributed by atoms with van der Waals surface area (Å²) in [5, 5.41) is 0. The zero-order chi connectivity index (χ0) is 15.3. The van der Waals surface area contributed by atoms with Crippen molar-refractivity contribution in [1.82, 2.24) is 0 Å². The molecule has 0 aromatic heterocycles. The van der Waals surface area contributed by atoms with E-state index in [1.807, 2.05) is 0 Å². The smallest absolute Gasteiger partial charge is 0.0188 e. The summed E-state index contributed by atoms with van der Waals surface area (Å²) in [4.78, 5) is 0. The SMILES string of the molecule is CCCCCCCCCCCCC(C)c1ccccc1C. The van der Waals surface area contributed by atoms with Gasteiger partial charge in [-0.15, -0.1) is 0 Å². The Labute approximate surface area is 133 Å². The molecule has 1 atom stereocenters. The van der Waals surface area contributed by atoms with Gasteiger partial charge in [-0.3, -0.25) is 0 Å². The Bertz CT molecular complexity index is 353. The summed E-state index contributed by atoms with van der Waals surface area (Å²) in [6, 6.07) is 8.87. The van der Waals surface area contributed by atoms with Gasteiger partial charge in [0.05, 0.1) is 0 Å². The van der Waals surface area contributed by atoms with E-state index in [0.29, 0.717) is 0 Å². The topological polar surface area (TPSA) is 0 Å². The molecule has 0 heteroatoms. The molecule has 0 aliphatic heterocycles. The van der Waals surface area contributed by atoms with Crippen LogP contribution in [0, 0.1) is 6.92 Å². The van der Waals surface area contributed by atoms with Crippen LogP contribution in [0.3, 0.4) is 0 Å². The Morgan fingerprint density at radius 2 is 1.29 bits per heavy atom. The van der Waals surface area contributed by atoms with Gasteiger partial charge in [0, 0.05) is 0 Å². The Kier molecular flexibility index (Phi) is 10.3. The monoisotopic (exact) mass is 288 g/mol. The van der Waals surface area contributed by atoms with Gasteiger partial charge in [-0.05, 0) is 30.4 Å². The normalized spacial score (nSPS) is 12.5. The number of hydrogen-bond donors (Lipinski definition) is 0. The predicted molar refractivity (Wildman–Crippen MR) is 96.1 cm³/mol. The lowest BCUT2D eigenvalue weighted by Gasteiger charge is -2.14. The lowest BCUT2D eigenvalue weighted by molar-refractivity contribution is 0.534. The van der Waals surface area contributed by atoms with Crippen LogP contribution < -0.4 is 0 Å². The number of hydrogen-bond acceptors (Lipinski definition) is 0. The Morgan fingerprint density at radius 3 is 1.86 bits per heavy atom. The van der Waals surface area contributed by atoms with Crippen LogP contribution in [0.1, 0.15) is 102 Å². The molecule has 1 rings (SSSR count). The van der Waals surface area contributed by atoms with E-state index in [9.17, 15) is 0 Å². The van der Waals surface area contributed by atoms with Gasteiger partial charge in [-0.25, -0.2) is 0 Å². The first-order valence-electron chi connectivity index (χ1n) is 9.31. The third kappa shape index (κ3) is 8.29. The van der Waals surface area contributed by atoms with Crippen LogP contribution in [0.15, 0.2) is 24.3 Å². The molecule has 1 aromatic rings. The minimum Gasteiger partial charge on any atom is -0.0654 e. The molecule has 0 nitrogen and oxygen atoms in total. The Morgan fingerprint density at radius 1 is 0.762 bits per heavy atom. The van der Waals surface area contributed by atoms with E-state index in [4.69, 9.17) is 0 Å². The number of benzene rings is 1. The maximum absolute atomic E-state index is 2.38. The molecule has 1 unspecified atom stereocenters. The summed E-state index contributed by atoms with van der Waals surface area (Å²) in [6.07, 6.45) is 15.7. The molecule has 0 N–H and O–H groups in total. The van der Waals surface area contributed by atoms with Crippen molar-refractivity contribution in [3.63, 3.8) is 0 Å². The summed E-state index contributed by atoms with van der Waals surface area (Å²) >= 11 is 0. The fraction of sp³-hybridized carbons (Fsp3) is 0.714. The molecule has 0 bridgehead atoms. The number of rotatable bonds is 12. The predicted octanol–water partition coefficient (Wildman–Crippen LogP) is 7.41. The molecule has 0 aliphatic rings. The Balaban J connectivity index is 1.98. The average Bonchev–Trinajstić information content (AvgIpc) is 2.49. The molecule has 1 aromatic carbocycles. The summed E-state index contributed by atoms with van der Waals surface area (Å²) in [7, 11) is 0. The summed E-state index contributed by atoms with van der Waals surface area (Å²) in [5.74, 6) is 0.722. The summed E-state index contributed by atoms with van der Waals surface area (Å²) < 4.78 is 0. The van der Waals surface area contributed by atoms with Crippen molar-refractivity contribution in [3.8, 4) is 0 Å². The van der Waals surface area contributed by atoms with Crippen LogP contribution in [-0.4, -0.2) is 0 Å². The van der Waals surface area contributed by atoms with Crippen LogP contribution in [-0.2, 0) is 0 Å². The molecule has 0 heterocycles. The summed E-state index contributed by atoms with van der Waals surface area (Å²) in [6.45, 7) is 6.92. The van der Waals surface area contributed by atoms with Gasteiger partial charge in [0.15, 0.2) is 0 Å². The zero-order valence-corrected chi connectivity index (χ0v) is 14.7. The minimum absolute atomic E-state index is 0.722. The van der Waals surface area contributed by atoms with Crippen molar-refractivity contribution < 1.29 is 0 Å². The highest BCUT2D eigenvalue weighted by molar-refractivity contribution is 5.28. The van der Waals surface area contributed by atoms with Gasteiger partial charge in [0.1, 0.15) is 0 Å². The largest absolute Gasteiger partial charge is 0.0654 e. The second-order valence-electron chi connectivity index (χ2n) is 6.73. The van der Waals surface area contributed by atoms with Gasteiger partial charge in [-0.2, -0.15) is 0 Å². The van der Waals surface area contributed by atoms with Crippen LogP contribution >= 0.6 is 0 Å². The van der Waals surface area contributed by atoms with Crippen molar-refractivity contribution >= 4 is 0 Å². The van der Waals surface area contributed by atoms with E-state index >= 15 is 0 Å². The molecule has 0 fully saturated rings. The molecular weight excluding hydrogens is 252 g/mol. The molecule has 0 radical (unpaired) electrons. The van der Waals surface area contributed by atoms with Gasteiger partial charge in [0.2, 0.25) is 0 Å². The van der Waals surface area contributed by atoms with Gasteiger partial charge in [0.25, 0.3) is 0 Å². The maximum atomic E-state index is 2.38. The fourth-order valence-corrected chi connectivity index (χ4v) is 3.23. The van der Waals surface area contributed by atoms with Crippen molar-refractivity contribution in [3.05, 3.63) is 35.4 Å². The highest BCUT2D eigenvalue weighted by Gasteiger charge is 2.07. The van der Waals surface area contributed by atoms with Crippen molar-refractivity contribution in [2.24, 2.45) is 0 Å². The molecule has 21 heavy (non-hydrogen) atoms. The van der Waals surface area contributed by atoms with Crippen molar-refractivity contribution in [2.45, 2.75) is 97.3 Å². The third-order valence-electron chi connectivity index (χ3n) is 4.71. The fourth-order valence-electron chi connectivity index (χ4n) is 3.23. The molecular formula is C21H36. The standard InChI is InChI=1S/C21H36/c1-4-5-6-7-8-9-10-11-12-13-16-19(2)21-18-15-14-17-20(21)3/h14-15,17-19H,4-13,16H2,1-3H3. The van der Waals surface area contributed by atoms with Crippen LogP contribution in [0.5, 0.6) is 0 Å². The lowest BCUT2D eigenvalue weighted by Crippen LogP contribution is -1.96. The van der Waals surface area contributed by atoms with Crippen LogP contribution in [0.25, 0.3) is 0 Å². The second-order valence-corrected chi connectivity index (χ2v) is 6.73. The minimum atomic E-state index is 0.722. The van der Waals surface area contributed by atoms with Crippen LogP contribution in [0.2, 0.25) is 0 Å². The third-order valence-corrected chi connectivity index (χ3v) is 4.71. The van der Waals surface area contributed by atoms with E-state index in [2.05, 4.69) is 45.0 Å². The van der Waals surface area contributed by atoms with Gasteiger partial charge in [-0.1, -0.05) is 102 Å². The lowest BCUT2D eigenvalue weighted by atomic mass is 9.91. The maximum Gasteiger partial charge on any atom is -0.0188 e. The molecule has 0 saturated carbocycles. The van der Waals surface area contributed by atoms with E-state index < -0.39 is 0 Å². The highest BCUT2D eigenvalue weighted by atomic mass is 14.1. The molecule has 0 saturated heterocycles. The molecule has 0 aliphatic carbocycles. The molecule has 120 valence electrons. The molecule has 0 amide bonds. The Hall–Kier alpha value is -0.780. The van der Waals surface area contributed by atoms with Crippen molar-refractivity contribution in [1.29, 1.82) is 0 Å². The number of unbranched alkanes of at least 4 members (excludes halogenated alkanes) is 9. The van der Waals surface area contributed by atoms with E-state index in [1.165, 1.54) is 76.2 Å². The first kappa shape index (κ1) is 18.3. The van der Waals surface area contributed by atoms with E-state index in [1.54, 1.807) is 5.56 Å². The highest BCUT2D eigenvalue weighted by Crippen LogP contribution is 2.24. The molecule has 0 spiro atoms. The first-order chi connectivity index (χ1) is 10.3. The second kappa shape index (κ2) is 11.8. The van der Waals surface area contributed by atoms with Crippen molar-refractivity contribution in [2.75, 3.05) is 0 Å². The quantitative estimate of drug-likeness (QED) is 0.351. The van der Waals surface area contributed by atoms with Gasteiger partial charge < -0.3 is 0 Å². The van der Waals surface area contributed by atoms with E-state index in [-0.39, 0.29) is 0 Å². The average molecular weight is 289 g/mol. The van der Waals surface area contributed by atoms with Gasteiger partial charge >= 0.3 is 0 Å². The first-order valence-corrected chi connectivity index (χ1v) is 9.31. The van der Waals surface area contributed by atoms with E-state index in [0.717, 1.165) is 5.92 Å².